The zero-order valence-corrected chi connectivity index (χ0v) is 13.5. The molecule has 0 spiro atoms. The highest BCUT2D eigenvalue weighted by Crippen LogP contribution is 2.31. The number of nitrogens with zero attached hydrogens (tertiary/aromatic N) is 2. The van der Waals surface area contributed by atoms with Crippen molar-refractivity contribution in [2.45, 2.75) is 18.9 Å². The molecule has 0 saturated carbocycles. The minimum Gasteiger partial charge on any atom is -0.347 e. The molecule has 0 aliphatic carbocycles. The number of hydrogen-bond acceptors (Lipinski definition) is 4. The average molecular weight is 331 g/mol. The van der Waals surface area contributed by atoms with Gasteiger partial charge >= 0.3 is 0 Å². The van der Waals surface area contributed by atoms with E-state index in [-0.39, 0.29) is 16.8 Å². The van der Waals surface area contributed by atoms with E-state index in [9.17, 15) is 9.18 Å². The number of aromatic nitrogens is 1. The van der Waals surface area contributed by atoms with Crippen molar-refractivity contribution < 1.29 is 9.18 Å². The smallest absolute Gasteiger partial charge is 0.264 e. The summed E-state index contributed by atoms with van der Waals surface area (Å²) in [6.07, 6.45) is 5.60. The van der Waals surface area contributed by atoms with Gasteiger partial charge in [0.2, 0.25) is 0 Å². The fraction of sp³-hybridized carbons (Fsp3) is 0.412. The van der Waals surface area contributed by atoms with Crippen LogP contribution in [0.4, 0.5) is 4.39 Å². The third-order valence-electron chi connectivity index (χ3n) is 4.81. The van der Waals surface area contributed by atoms with E-state index in [1.165, 1.54) is 17.4 Å². The average Bonchev–Trinajstić information content (AvgIpc) is 2.99. The molecule has 3 aliphatic rings. The maximum atomic E-state index is 14.2. The van der Waals surface area contributed by atoms with Gasteiger partial charge in [0.1, 0.15) is 10.7 Å². The van der Waals surface area contributed by atoms with Crippen molar-refractivity contribution in [2.24, 2.45) is 5.92 Å². The molecule has 1 atom stereocenters. The van der Waals surface area contributed by atoms with Crippen LogP contribution in [0.2, 0.25) is 0 Å². The van der Waals surface area contributed by atoms with Crippen LogP contribution in [0.3, 0.4) is 0 Å². The minimum atomic E-state index is -0.451. The predicted octanol–water partition coefficient (Wildman–Crippen LogP) is 2.77. The number of amides is 1. The summed E-state index contributed by atoms with van der Waals surface area (Å²) in [7, 11) is 0. The van der Waals surface area contributed by atoms with Crippen LogP contribution in [0.5, 0.6) is 0 Å². The molecule has 5 rings (SSSR count). The van der Waals surface area contributed by atoms with E-state index in [1.807, 2.05) is 6.07 Å². The molecule has 4 nitrogen and oxygen atoms in total. The topological polar surface area (TPSA) is 45.2 Å². The normalized spacial score (nSPS) is 26.2. The SMILES string of the molecule is O=C(N[C@H]1CN2CCC1CC2)c1sc(-c2cccnc2)cc1F. The Morgan fingerprint density at radius 2 is 2.22 bits per heavy atom. The summed E-state index contributed by atoms with van der Waals surface area (Å²) >= 11 is 1.19. The lowest BCUT2D eigenvalue weighted by atomic mass is 9.84. The lowest BCUT2D eigenvalue weighted by Gasteiger charge is -2.44. The van der Waals surface area contributed by atoms with E-state index in [4.69, 9.17) is 0 Å². The van der Waals surface area contributed by atoms with Crippen LogP contribution >= 0.6 is 11.3 Å². The molecule has 1 N–H and O–H groups in total. The standard InChI is InChI=1S/C17H18FN3OS/c18-13-8-15(12-2-1-5-19-9-12)23-16(13)17(22)20-14-10-21-6-3-11(14)4-7-21/h1-2,5,8-9,11,14H,3-4,6-7,10H2,(H,20,22)/t14-/m0/s1. The van der Waals surface area contributed by atoms with Crippen molar-refractivity contribution in [3.8, 4) is 10.4 Å². The van der Waals surface area contributed by atoms with E-state index >= 15 is 0 Å². The van der Waals surface area contributed by atoms with Gasteiger partial charge in [-0.1, -0.05) is 6.07 Å². The fourth-order valence-corrected chi connectivity index (χ4v) is 4.47. The van der Waals surface area contributed by atoms with Crippen LogP contribution in [0.15, 0.2) is 30.6 Å². The van der Waals surface area contributed by atoms with E-state index in [0.29, 0.717) is 5.92 Å². The molecule has 0 unspecified atom stereocenters. The number of carbonyl (C=O) groups excluding carboxylic acids is 1. The van der Waals surface area contributed by atoms with Crippen molar-refractivity contribution in [1.82, 2.24) is 15.2 Å². The lowest BCUT2D eigenvalue weighted by Crippen LogP contribution is -2.57. The van der Waals surface area contributed by atoms with Crippen LogP contribution < -0.4 is 5.32 Å². The number of halogens is 1. The molecule has 23 heavy (non-hydrogen) atoms. The van der Waals surface area contributed by atoms with Gasteiger partial charge < -0.3 is 10.2 Å². The first-order valence-corrected chi connectivity index (χ1v) is 8.75. The molecule has 0 radical (unpaired) electrons. The Kier molecular flexibility index (Phi) is 3.87. The van der Waals surface area contributed by atoms with Gasteiger partial charge in [-0.25, -0.2) is 4.39 Å². The second-order valence-electron chi connectivity index (χ2n) is 6.25. The van der Waals surface area contributed by atoms with Crippen LogP contribution in [0, 0.1) is 11.7 Å². The molecular formula is C17H18FN3OS. The minimum absolute atomic E-state index is 0.147. The molecule has 0 aromatic carbocycles. The summed E-state index contributed by atoms with van der Waals surface area (Å²) < 4.78 is 14.2. The third kappa shape index (κ3) is 2.88. The van der Waals surface area contributed by atoms with Gasteiger partial charge in [-0.2, -0.15) is 0 Å². The van der Waals surface area contributed by atoms with Gasteiger partial charge in [-0.3, -0.25) is 9.78 Å². The molecule has 3 saturated heterocycles. The molecule has 2 aromatic rings. The molecule has 2 bridgehead atoms. The Balaban J connectivity index is 1.52. The Labute approximate surface area is 138 Å². The Morgan fingerprint density at radius 1 is 1.39 bits per heavy atom. The zero-order valence-electron chi connectivity index (χ0n) is 12.7. The Morgan fingerprint density at radius 3 is 2.87 bits per heavy atom. The number of nitrogens with one attached hydrogen (secondary N) is 1. The first kappa shape index (κ1) is 14.8. The maximum absolute atomic E-state index is 14.2. The Hall–Kier alpha value is -1.79. The van der Waals surface area contributed by atoms with Gasteiger partial charge in [0, 0.05) is 35.4 Å². The number of piperidine rings is 3. The first-order chi connectivity index (χ1) is 11.2. The van der Waals surface area contributed by atoms with Gasteiger partial charge in [0.05, 0.1) is 0 Å². The first-order valence-electron chi connectivity index (χ1n) is 7.93. The summed E-state index contributed by atoms with van der Waals surface area (Å²) in [6.45, 7) is 3.13. The number of hydrogen-bond donors (Lipinski definition) is 1. The molecule has 5 heterocycles. The fourth-order valence-electron chi connectivity index (χ4n) is 3.54. The number of fused-ring (bicyclic) bond motifs is 3. The van der Waals surface area contributed by atoms with Crippen LogP contribution in [0.1, 0.15) is 22.5 Å². The van der Waals surface area contributed by atoms with Crippen LogP contribution in [-0.4, -0.2) is 41.5 Å². The van der Waals surface area contributed by atoms with E-state index in [1.54, 1.807) is 18.5 Å². The highest BCUT2D eigenvalue weighted by Gasteiger charge is 2.35. The lowest BCUT2D eigenvalue weighted by molar-refractivity contribution is 0.0621. The van der Waals surface area contributed by atoms with Gasteiger partial charge in [0.15, 0.2) is 0 Å². The van der Waals surface area contributed by atoms with Crippen molar-refractivity contribution in [3.05, 3.63) is 41.3 Å². The molecule has 3 fully saturated rings. The van der Waals surface area contributed by atoms with Crippen molar-refractivity contribution >= 4 is 17.2 Å². The third-order valence-corrected chi connectivity index (χ3v) is 5.97. The maximum Gasteiger partial charge on any atom is 0.264 e. The van der Waals surface area contributed by atoms with Gasteiger partial charge in [0.25, 0.3) is 5.91 Å². The number of thiophene rings is 1. The van der Waals surface area contributed by atoms with Gasteiger partial charge in [-0.15, -0.1) is 11.3 Å². The highest BCUT2D eigenvalue weighted by molar-refractivity contribution is 7.17. The Bertz CT molecular complexity index is 710. The van der Waals surface area contributed by atoms with Crippen molar-refractivity contribution in [3.63, 3.8) is 0 Å². The van der Waals surface area contributed by atoms with Crippen molar-refractivity contribution in [1.29, 1.82) is 0 Å². The zero-order chi connectivity index (χ0) is 15.8. The van der Waals surface area contributed by atoms with Crippen LogP contribution in [0.25, 0.3) is 10.4 Å². The molecule has 6 heteroatoms. The highest BCUT2D eigenvalue weighted by atomic mass is 32.1. The van der Waals surface area contributed by atoms with E-state index in [0.717, 1.165) is 42.9 Å². The number of rotatable bonds is 3. The summed E-state index contributed by atoms with van der Waals surface area (Å²) in [5.41, 5.74) is 0.832. The molecule has 3 aliphatic heterocycles. The summed E-state index contributed by atoms with van der Waals surface area (Å²) in [6, 6.07) is 5.24. The number of carbonyl (C=O) groups is 1. The second-order valence-corrected chi connectivity index (χ2v) is 7.30. The van der Waals surface area contributed by atoms with Gasteiger partial charge in [-0.05, 0) is 44.0 Å². The van der Waals surface area contributed by atoms with E-state index in [2.05, 4.69) is 15.2 Å². The monoisotopic (exact) mass is 331 g/mol. The summed E-state index contributed by atoms with van der Waals surface area (Å²) in [4.78, 5) is 19.8. The molecular weight excluding hydrogens is 313 g/mol. The molecule has 1 amide bonds. The summed E-state index contributed by atoms with van der Waals surface area (Å²) in [5.74, 6) is -0.209. The second kappa shape index (κ2) is 6.02. The van der Waals surface area contributed by atoms with E-state index < -0.39 is 5.82 Å². The van der Waals surface area contributed by atoms with Crippen molar-refractivity contribution in [2.75, 3.05) is 19.6 Å². The van der Waals surface area contributed by atoms with Crippen LogP contribution in [-0.2, 0) is 0 Å². The number of pyridine rings is 1. The summed E-state index contributed by atoms with van der Waals surface area (Å²) in [5, 5.41) is 3.05. The molecule has 2 aromatic heterocycles. The largest absolute Gasteiger partial charge is 0.347 e. The quantitative estimate of drug-likeness (QED) is 0.941. The predicted molar refractivity (Wildman–Crippen MR) is 87.9 cm³/mol. The molecule has 120 valence electrons.